The van der Waals surface area contributed by atoms with E-state index in [0.29, 0.717) is 11.6 Å². The van der Waals surface area contributed by atoms with Crippen LogP contribution in [0.4, 0.5) is 11.5 Å². The summed E-state index contributed by atoms with van der Waals surface area (Å²) in [5, 5.41) is 9.48. The summed E-state index contributed by atoms with van der Waals surface area (Å²) in [7, 11) is 1.74. The predicted molar refractivity (Wildman–Crippen MR) is 116 cm³/mol. The second-order valence-corrected chi connectivity index (χ2v) is 7.41. The highest BCUT2D eigenvalue weighted by Gasteiger charge is 2.27. The Kier molecular flexibility index (Phi) is 6.64. The zero-order valence-corrected chi connectivity index (χ0v) is 17.6. The van der Waals surface area contributed by atoms with Crippen LogP contribution in [0.5, 0.6) is 0 Å². The fourth-order valence-electron chi connectivity index (χ4n) is 3.24. The van der Waals surface area contributed by atoms with E-state index < -0.39 is 6.04 Å². The molecule has 3 rings (SSSR count). The van der Waals surface area contributed by atoms with Crippen LogP contribution in [0.25, 0.3) is 0 Å². The number of carbonyl (C=O) groups is 2. The van der Waals surface area contributed by atoms with Crippen LogP contribution in [0.15, 0.2) is 59.1 Å². The van der Waals surface area contributed by atoms with Crippen LogP contribution in [-0.4, -0.2) is 35.5 Å². The molecule has 0 aliphatic heterocycles. The van der Waals surface area contributed by atoms with Gasteiger partial charge in [0.1, 0.15) is 11.8 Å². The van der Waals surface area contributed by atoms with Gasteiger partial charge in [-0.1, -0.05) is 47.6 Å². The van der Waals surface area contributed by atoms with E-state index in [2.05, 4.69) is 15.8 Å². The van der Waals surface area contributed by atoms with Gasteiger partial charge in [0, 0.05) is 11.8 Å². The van der Waals surface area contributed by atoms with Crippen molar-refractivity contribution in [3.05, 3.63) is 77.0 Å². The van der Waals surface area contributed by atoms with Gasteiger partial charge in [-0.2, -0.15) is 0 Å². The van der Waals surface area contributed by atoms with Crippen molar-refractivity contribution in [2.45, 2.75) is 26.8 Å². The molecule has 156 valence electrons. The molecule has 0 aliphatic carbocycles. The molecule has 0 spiro atoms. The first-order valence-corrected chi connectivity index (χ1v) is 9.70. The Hall–Kier alpha value is -3.45. The molecular weight excluding hydrogens is 380 g/mol. The van der Waals surface area contributed by atoms with Gasteiger partial charge in [0.25, 0.3) is 0 Å². The largest absolute Gasteiger partial charge is 0.360 e. The van der Waals surface area contributed by atoms with Crippen LogP contribution >= 0.6 is 0 Å². The van der Waals surface area contributed by atoms with Crippen LogP contribution in [0.2, 0.25) is 0 Å². The predicted octanol–water partition coefficient (Wildman–Crippen LogP) is 3.85. The van der Waals surface area contributed by atoms with Gasteiger partial charge in [0.05, 0.1) is 6.54 Å². The second-order valence-electron chi connectivity index (χ2n) is 7.41. The van der Waals surface area contributed by atoms with E-state index in [4.69, 9.17) is 4.52 Å². The van der Waals surface area contributed by atoms with E-state index in [9.17, 15) is 9.59 Å². The zero-order chi connectivity index (χ0) is 21.7. The van der Waals surface area contributed by atoms with Crippen LogP contribution < -0.4 is 10.6 Å². The molecule has 1 heterocycles. The number of hydrogen-bond acceptors (Lipinski definition) is 5. The lowest BCUT2D eigenvalue weighted by atomic mass is 10.0. The molecule has 2 aromatic carbocycles. The number of anilines is 2. The van der Waals surface area contributed by atoms with Crippen molar-refractivity contribution in [1.29, 1.82) is 0 Å². The lowest BCUT2D eigenvalue weighted by Gasteiger charge is -2.27. The summed E-state index contributed by atoms with van der Waals surface area (Å²) in [4.78, 5) is 27.4. The SMILES string of the molecule is Cc1ccc(C)c(NC(=O)C(c2ccccc2)N(C)CC(=O)Nc2cc(C)on2)c1. The second kappa shape index (κ2) is 9.37. The molecule has 3 aromatic rings. The lowest BCUT2D eigenvalue weighted by molar-refractivity contribution is -0.123. The number of hydrogen-bond donors (Lipinski definition) is 2. The minimum atomic E-state index is -0.643. The van der Waals surface area contributed by atoms with E-state index in [1.165, 1.54) is 0 Å². The molecule has 2 amide bonds. The average molecular weight is 406 g/mol. The van der Waals surface area contributed by atoms with Gasteiger partial charge in [-0.15, -0.1) is 0 Å². The number of amides is 2. The van der Waals surface area contributed by atoms with Gasteiger partial charge < -0.3 is 15.2 Å². The van der Waals surface area contributed by atoms with Crippen LogP contribution in [0.1, 0.15) is 28.5 Å². The molecule has 1 unspecified atom stereocenters. The number of nitrogens with zero attached hydrogens (tertiary/aromatic N) is 2. The Balaban J connectivity index is 1.78. The third-order valence-corrected chi connectivity index (χ3v) is 4.74. The van der Waals surface area contributed by atoms with Gasteiger partial charge in [-0.05, 0) is 50.6 Å². The van der Waals surface area contributed by atoms with Crippen LogP contribution in [0.3, 0.4) is 0 Å². The molecule has 1 atom stereocenters. The topological polar surface area (TPSA) is 87.5 Å². The maximum absolute atomic E-state index is 13.2. The first-order chi connectivity index (χ1) is 14.3. The minimum Gasteiger partial charge on any atom is -0.360 e. The Labute approximate surface area is 176 Å². The molecule has 2 N–H and O–H groups in total. The Morgan fingerprint density at radius 3 is 2.43 bits per heavy atom. The Bertz CT molecular complexity index is 1030. The van der Waals surface area contributed by atoms with Crippen molar-refractivity contribution in [2.75, 3.05) is 24.2 Å². The monoisotopic (exact) mass is 406 g/mol. The van der Waals surface area contributed by atoms with Gasteiger partial charge in [0.2, 0.25) is 11.8 Å². The van der Waals surface area contributed by atoms with Crippen LogP contribution in [-0.2, 0) is 9.59 Å². The molecule has 0 aliphatic rings. The molecule has 1 aromatic heterocycles. The number of rotatable bonds is 7. The molecule has 30 heavy (non-hydrogen) atoms. The molecular formula is C23H26N4O3. The van der Waals surface area contributed by atoms with Gasteiger partial charge in [-0.25, -0.2) is 0 Å². The maximum atomic E-state index is 13.2. The smallest absolute Gasteiger partial charge is 0.246 e. The average Bonchev–Trinajstić information content (AvgIpc) is 3.10. The number of carbonyl (C=O) groups excluding carboxylic acids is 2. The standard InChI is InChI=1S/C23H26N4O3/c1-15-10-11-16(2)19(12-15)24-23(29)22(18-8-6-5-7-9-18)27(4)14-21(28)25-20-13-17(3)30-26-20/h5-13,22H,14H2,1-4H3,(H,24,29)(H,25,26,28). The van der Waals surface area contributed by atoms with Crippen molar-refractivity contribution in [1.82, 2.24) is 10.1 Å². The highest BCUT2D eigenvalue weighted by molar-refractivity contribution is 5.97. The van der Waals surface area contributed by atoms with E-state index in [1.807, 2.05) is 62.4 Å². The number of nitrogens with one attached hydrogen (secondary N) is 2. The molecule has 7 heteroatoms. The van der Waals surface area contributed by atoms with E-state index in [1.54, 1.807) is 24.9 Å². The van der Waals surface area contributed by atoms with Crippen molar-refractivity contribution < 1.29 is 14.1 Å². The molecule has 0 saturated carbocycles. The molecule has 0 radical (unpaired) electrons. The van der Waals surface area contributed by atoms with Gasteiger partial charge in [-0.3, -0.25) is 14.5 Å². The highest BCUT2D eigenvalue weighted by Crippen LogP contribution is 2.24. The van der Waals surface area contributed by atoms with Crippen molar-refractivity contribution in [3.8, 4) is 0 Å². The van der Waals surface area contributed by atoms with Crippen LogP contribution in [0, 0.1) is 20.8 Å². The molecule has 7 nitrogen and oxygen atoms in total. The number of aromatic nitrogens is 1. The van der Waals surface area contributed by atoms with E-state index in [0.717, 1.165) is 22.4 Å². The summed E-state index contributed by atoms with van der Waals surface area (Å²) in [6, 6.07) is 16.3. The first kappa shape index (κ1) is 21.3. The Morgan fingerprint density at radius 2 is 1.77 bits per heavy atom. The first-order valence-electron chi connectivity index (χ1n) is 9.70. The fourth-order valence-corrected chi connectivity index (χ4v) is 3.24. The summed E-state index contributed by atoms with van der Waals surface area (Å²) in [6.07, 6.45) is 0. The normalized spacial score (nSPS) is 11.9. The number of likely N-dealkylation sites (N-methyl/N-ethyl adjacent to an activating group) is 1. The Morgan fingerprint density at radius 1 is 1.03 bits per heavy atom. The van der Waals surface area contributed by atoms with Gasteiger partial charge in [0.15, 0.2) is 5.82 Å². The van der Waals surface area contributed by atoms with Crippen molar-refractivity contribution in [3.63, 3.8) is 0 Å². The summed E-state index contributed by atoms with van der Waals surface area (Å²) in [6.45, 7) is 5.68. The maximum Gasteiger partial charge on any atom is 0.246 e. The molecule has 0 saturated heterocycles. The summed E-state index contributed by atoms with van der Waals surface area (Å²) >= 11 is 0. The minimum absolute atomic E-state index is 0.00564. The third-order valence-electron chi connectivity index (χ3n) is 4.74. The van der Waals surface area contributed by atoms with Gasteiger partial charge >= 0.3 is 0 Å². The summed E-state index contributed by atoms with van der Waals surface area (Å²) in [5.41, 5.74) is 3.59. The third kappa shape index (κ3) is 5.33. The number of aryl methyl sites for hydroxylation is 3. The van der Waals surface area contributed by atoms with E-state index in [-0.39, 0.29) is 18.4 Å². The number of benzene rings is 2. The quantitative estimate of drug-likeness (QED) is 0.622. The zero-order valence-electron chi connectivity index (χ0n) is 17.6. The molecule has 0 fully saturated rings. The summed E-state index contributed by atoms with van der Waals surface area (Å²) < 4.78 is 4.97. The highest BCUT2D eigenvalue weighted by atomic mass is 16.5. The van der Waals surface area contributed by atoms with Crippen molar-refractivity contribution in [2.24, 2.45) is 0 Å². The fraction of sp³-hybridized carbons (Fsp3) is 0.261. The van der Waals surface area contributed by atoms with E-state index >= 15 is 0 Å². The van der Waals surface area contributed by atoms with Crippen molar-refractivity contribution >= 4 is 23.3 Å². The molecule has 0 bridgehead atoms. The summed E-state index contributed by atoms with van der Waals surface area (Å²) in [5.74, 6) is 0.462. The lowest BCUT2D eigenvalue weighted by Crippen LogP contribution is -2.39.